The molecule has 0 spiro atoms. The number of hydrogen-bond acceptors (Lipinski definition) is 2. The number of carbonyl (C=O) groups excluding carboxylic acids is 1. The van der Waals surface area contributed by atoms with Crippen LogP contribution < -0.4 is 0 Å². The highest BCUT2D eigenvalue weighted by molar-refractivity contribution is 5.98. The van der Waals surface area contributed by atoms with E-state index in [-0.39, 0.29) is 11.6 Å². The smallest absolute Gasteiger partial charge is 0.163 e. The fourth-order valence-electron chi connectivity index (χ4n) is 3.31. The van der Waals surface area contributed by atoms with Gasteiger partial charge in [0.15, 0.2) is 5.78 Å². The van der Waals surface area contributed by atoms with E-state index in [1.54, 1.807) is 30.4 Å². The molecule has 1 saturated carbocycles. The van der Waals surface area contributed by atoms with Crippen molar-refractivity contribution in [1.29, 1.82) is 0 Å². The van der Waals surface area contributed by atoms with Crippen LogP contribution in [0, 0.1) is 18.7 Å². The predicted molar refractivity (Wildman–Crippen MR) is 150 cm³/mol. The van der Waals surface area contributed by atoms with E-state index >= 15 is 0 Å². The molecule has 1 fully saturated rings. The summed E-state index contributed by atoms with van der Waals surface area (Å²) in [6.45, 7) is 15.8. The van der Waals surface area contributed by atoms with Crippen molar-refractivity contribution in [2.75, 3.05) is 6.61 Å². The van der Waals surface area contributed by atoms with Crippen molar-refractivity contribution in [3.05, 3.63) is 108 Å². The molecule has 1 aromatic rings. The Kier molecular flexibility index (Phi) is 18.9. The van der Waals surface area contributed by atoms with E-state index in [9.17, 15) is 9.18 Å². The number of benzene rings is 1. The molecule has 0 unspecified atom stereocenters. The van der Waals surface area contributed by atoms with Gasteiger partial charge in [-0.15, -0.1) is 0 Å². The lowest BCUT2D eigenvalue weighted by atomic mass is 9.90. The topological polar surface area (TPSA) is 37.3 Å². The van der Waals surface area contributed by atoms with Crippen LogP contribution in [0.15, 0.2) is 96.7 Å². The van der Waals surface area contributed by atoms with E-state index in [2.05, 4.69) is 13.2 Å². The Hall–Kier alpha value is -2.78. The van der Waals surface area contributed by atoms with Gasteiger partial charge in [-0.1, -0.05) is 98.2 Å². The van der Waals surface area contributed by atoms with Gasteiger partial charge in [-0.2, -0.15) is 0 Å². The number of ketones is 1. The van der Waals surface area contributed by atoms with Crippen LogP contribution in [0.25, 0.3) is 0 Å². The summed E-state index contributed by atoms with van der Waals surface area (Å²) in [7, 11) is 0. The van der Waals surface area contributed by atoms with Crippen molar-refractivity contribution in [3.8, 4) is 0 Å². The largest absolute Gasteiger partial charge is 0.396 e. The van der Waals surface area contributed by atoms with Crippen LogP contribution in [-0.2, 0) is 4.79 Å². The minimum absolute atomic E-state index is 0.109. The lowest BCUT2D eigenvalue weighted by Gasteiger charge is -2.18. The fraction of sp³-hybridized carbons (Fsp3) is 0.406. The summed E-state index contributed by atoms with van der Waals surface area (Å²) in [5.41, 5.74) is 4.05. The fourth-order valence-corrected chi connectivity index (χ4v) is 3.31. The summed E-state index contributed by atoms with van der Waals surface area (Å²) in [6.07, 6.45) is 20.7. The van der Waals surface area contributed by atoms with Crippen LogP contribution in [0.4, 0.5) is 4.39 Å². The zero-order chi connectivity index (χ0) is 26.5. The predicted octanol–water partition coefficient (Wildman–Crippen LogP) is 8.80. The Labute approximate surface area is 213 Å². The van der Waals surface area contributed by atoms with Crippen molar-refractivity contribution >= 4 is 5.78 Å². The minimum atomic E-state index is -0.171. The number of aryl methyl sites for hydroxylation is 1. The van der Waals surface area contributed by atoms with Crippen LogP contribution in [0.1, 0.15) is 71.3 Å². The minimum Gasteiger partial charge on any atom is -0.396 e. The molecule has 1 aliphatic carbocycles. The number of allylic oxidation sites excluding steroid dienone is 10. The summed E-state index contributed by atoms with van der Waals surface area (Å²) in [5, 5.41) is 8.69. The Balaban J connectivity index is 0.000000584. The number of carbonyl (C=O) groups is 1. The van der Waals surface area contributed by atoms with Gasteiger partial charge in [0.05, 0.1) is 0 Å². The molecular weight excluding hydrogens is 435 g/mol. The standard InChI is InChI=1S/C18H24O.C7H7F.C7H14O/c1-6-9-10-17(8-3)18(19)14-13-16(7-2)12-11-15(4)5;1-6-2-4-7(8)5-3-6;8-6-7-4-2-1-3-5-7/h6-12H,2-3,13-14H2,1,4-5H3;2-5H,1H3;7-8H,1-6H2/b9-6-,16-12+,17-10+;;. The molecule has 2 nitrogen and oxygen atoms in total. The van der Waals surface area contributed by atoms with Crippen LogP contribution in [0.5, 0.6) is 0 Å². The van der Waals surface area contributed by atoms with Gasteiger partial charge in [-0.05, 0) is 70.6 Å². The van der Waals surface area contributed by atoms with Gasteiger partial charge < -0.3 is 5.11 Å². The molecule has 1 aliphatic rings. The summed E-state index contributed by atoms with van der Waals surface area (Å²) in [5.74, 6) is 0.581. The van der Waals surface area contributed by atoms with Gasteiger partial charge in [0, 0.05) is 18.6 Å². The zero-order valence-corrected chi connectivity index (χ0v) is 22.2. The number of aliphatic hydroxyl groups excluding tert-OH is 1. The van der Waals surface area contributed by atoms with Gasteiger partial charge in [0.1, 0.15) is 5.82 Å². The highest BCUT2D eigenvalue weighted by atomic mass is 19.1. The van der Waals surface area contributed by atoms with E-state index in [1.165, 1.54) is 49.8 Å². The molecule has 3 heteroatoms. The monoisotopic (exact) mass is 480 g/mol. The molecule has 0 aliphatic heterocycles. The maximum Gasteiger partial charge on any atom is 0.163 e. The number of rotatable bonds is 9. The number of aliphatic hydroxyl groups is 1. The molecule has 0 aromatic heterocycles. The van der Waals surface area contributed by atoms with Gasteiger partial charge in [-0.3, -0.25) is 4.79 Å². The van der Waals surface area contributed by atoms with Gasteiger partial charge in [-0.25, -0.2) is 4.39 Å². The molecule has 0 radical (unpaired) electrons. The molecule has 192 valence electrons. The van der Waals surface area contributed by atoms with E-state index in [4.69, 9.17) is 5.11 Å². The lowest BCUT2D eigenvalue weighted by molar-refractivity contribution is -0.115. The molecular formula is C32H45FO2. The number of hydrogen-bond donors (Lipinski definition) is 1. The maximum atomic E-state index is 12.1. The molecule has 0 bridgehead atoms. The number of halogens is 1. The third-order valence-corrected chi connectivity index (χ3v) is 5.54. The van der Waals surface area contributed by atoms with Crippen molar-refractivity contribution in [2.45, 2.75) is 72.6 Å². The second kappa shape index (κ2) is 20.6. The van der Waals surface area contributed by atoms with Crippen LogP contribution >= 0.6 is 0 Å². The van der Waals surface area contributed by atoms with Crippen molar-refractivity contribution in [3.63, 3.8) is 0 Å². The molecule has 2 rings (SSSR count). The van der Waals surface area contributed by atoms with E-state index in [0.29, 0.717) is 30.9 Å². The Bertz CT molecular complexity index is 838. The van der Waals surface area contributed by atoms with Crippen molar-refractivity contribution in [1.82, 2.24) is 0 Å². The SMILES string of the molecule is C=C/C(=C\C=C(C)C)CCC(=O)/C(C=C)=C/C=C\C.Cc1ccc(F)cc1.OCC1CCCCC1. The molecule has 1 N–H and O–H groups in total. The summed E-state index contributed by atoms with van der Waals surface area (Å²) in [6, 6.07) is 6.40. The molecule has 35 heavy (non-hydrogen) atoms. The van der Waals surface area contributed by atoms with Crippen molar-refractivity contribution in [2.24, 2.45) is 5.92 Å². The number of Topliss-reactive ketones (excluding diaryl/α,β-unsaturated/α-hetero) is 1. The lowest BCUT2D eigenvalue weighted by Crippen LogP contribution is -2.09. The van der Waals surface area contributed by atoms with Crippen LogP contribution in [-0.4, -0.2) is 17.5 Å². The van der Waals surface area contributed by atoms with E-state index in [0.717, 1.165) is 11.1 Å². The second-order valence-corrected chi connectivity index (χ2v) is 8.95. The average molecular weight is 481 g/mol. The Morgan fingerprint density at radius 1 is 1.00 bits per heavy atom. The zero-order valence-electron chi connectivity index (χ0n) is 22.2. The maximum absolute atomic E-state index is 12.1. The third kappa shape index (κ3) is 17.3. The van der Waals surface area contributed by atoms with E-state index in [1.807, 2.05) is 52.0 Å². The third-order valence-electron chi connectivity index (χ3n) is 5.54. The Morgan fingerprint density at radius 2 is 1.63 bits per heavy atom. The van der Waals surface area contributed by atoms with Crippen LogP contribution in [0.3, 0.4) is 0 Å². The molecule has 0 atom stereocenters. The summed E-state index contributed by atoms with van der Waals surface area (Å²) in [4.78, 5) is 12.0. The van der Waals surface area contributed by atoms with Gasteiger partial charge >= 0.3 is 0 Å². The molecule has 0 amide bonds. The highest BCUT2D eigenvalue weighted by Crippen LogP contribution is 2.22. The Morgan fingerprint density at radius 3 is 2.06 bits per heavy atom. The second-order valence-electron chi connectivity index (χ2n) is 8.95. The molecule has 0 heterocycles. The average Bonchev–Trinajstić information content (AvgIpc) is 2.87. The highest BCUT2D eigenvalue weighted by Gasteiger charge is 2.10. The normalized spacial score (nSPS) is 14.2. The first-order valence-corrected chi connectivity index (χ1v) is 12.5. The van der Waals surface area contributed by atoms with Gasteiger partial charge in [0.25, 0.3) is 0 Å². The summed E-state index contributed by atoms with van der Waals surface area (Å²) >= 11 is 0. The van der Waals surface area contributed by atoms with Crippen LogP contribution in [0.2, 0.25) is 0 Å². The molecule has 0 saturated heterocycles. The van der Waals surface area contributed by atoms with E-state index < -0.39 is 0 Å². The molecule has 1 aromatic carbocycles. The quantitative estimate of drug-likeness (QED) is 0.283. The van der Waals surface area contributed by atoms with Crippen molar-refractivity contribution < 1.29 is 14.3 Å². The summed E-state index contributed by atoms with van der Waals surface area (Å²) < 4.78 is 12.1. The first kappa shape index (κ1) is 32.2. The first-order valence-electron chi connectivity index (χ1n) is 12.5. The van der Waals surface area contributed by atoms with Gasteiger partial charge in [0.2, 0.25) is 0 Å². The first-order chi connectivity index (χ1) is 16.8.